The zero-order chi connectivity index (χ0) is 31.7. The first kappa shape index (κ1) is 31.7. The minimum Gasteiger partial charge on any atom is -0.444 e. The molecular formula is C30H40N6O7. The van der Waals surface area contributed by atoms with E-state index in [0.717, 1.165) is 0 Å². The molecule has 232 valence electrons. The van der Waals surface area contributed by atoms with Crippen LogP contribution in [0.25, 0.3) is 5.69 Å². The van der Waals surface area contributed by atoms with Crippen LogP contribution in [-0.4, -0.2) is 98.7 Å². The average Bonchev–Trinajstić information content (AvgIpc) is 3.31. The van der Waals surface area contributed by atoms with Gasteiger partial charge < -0.3 is 19.3 Å². The van der Waals surface area contributed by atoms with Gasteiger partial charge in [0.15, 0.2) is 0 Å². The van der Waals surface area contributed by atoms with Gasteiger partial charge in [0.1, 0.15) is 29.5 Å². The van der Waals surface area contributed by atoms with Crippen LogP contribution in [0.1, 0.15) is 58.8 Å². The minimum atomic E-state index is -1.29. The number of hydrogen-bond acceptors (Lipinski definition) is 8. The first-order valence-electron chi connectivity index (χ1n) is 14.2. The number of piperazine rings is 1. The average molecular weight is 597 g/mol. The summed E-state index contributed by atoms with van der Waals surface area (Å²) < 4.78 is 13.0. The van der Waals surface area contributed by atoms with Crippen molar-refractivity contribution in [3.05, 3.63) is 52.6 Å². The number of aldehydes is 1. The highest BCUT2D eigenvalue weighted by atomic mass is 16.6. The van der Waals surface area contributed by atoms with Crippen LogP contribution in [0.2, 0.25) is 0 Å². The third-order valence-corrected chi connectivity index (χ3v) is 7.28. The van der Waals surface area contributed by atoms with Crippen LogP contribution >= 0.6 is 0 Å². The third-order valence-electron chi connectivity index (χ3n) is 7.28. The van der Waals surface area contributed by atoms with E-state index in [9.17, 15) is 24.0 Å². The molecule has 2 saturated heterocycles. The van der Waals surface area contributed by atoms with E-state index >= 15 is 0 Å². The van der Waals surface area contributed by atoms with Gasteiger partial charge in [0, 0.05) is 43.4 Å². The molecule has 1 aromatic heterocycles. The van der Waals surface area contributed by atoms with Crippen LogP contribution in [0.3, 0.4) is 0 Å². The molecule has 13 heteroatoms. The Balaban J connectivity index is 1.40. The maximum Gasteiger partial charge on any atom is 0.413 e. The zero-order valence-corrected chi connectivity index (χ0v) is 25.7. The summed E-state index contributed by atoms with van der Waals surface area (Å²) in [6.45, 7) is 13.8. The molecule has 1 unspecified atom stereocenters. The molecule has 2 aliphatic rings. The highest BCUT2D eigenvalue weighted by molar-refractivity contribution is 5.91. The van der Waals surface area contributed by atoms with Gasteiger partial charge in [0.2, 0.25) is 0 Å². The summed E-state index contributed by atoms with van der Waals surface area (Å²) in [5, 5.41) is 2.65. The third kappa shape index (κ3) is 6.87. The summed E-state index contributed by atoms with van der Waals surface area (Å²) in [5.74, 6) is -0.192. The molecule has 0 saturated carbocycles. The Morgan fingerprint density at radius 1 is 1.00 bits per heavy atom. The molecule has 1 aromatic carbocycles. The lowest BCUT2D eigenvalue weighted by Crippen LogP contribution is -2.64. The molecule has 2 aromatic rings. The van der Waals surface area contributed by atoms with Crippen LogP contribution in [0.5, 0.6) is 0 Å². The van der Waals surface area contributed by atoms with Gasteiger partial charge in [0.05, 0.1) is 12.3 Å². The SMILES string of the molecule is CC(C)(C)OC(=O)N1C(C(C)(C)C)OC[C@@]1(C)C(=O)N1CCN(C(=O)Nc2ccn(-c3ccc(C=O)cc3)c(=O)n2)CC1. The van der Waals surface area contributed by atoms with Crippen molar-refractivity contribution in [2.75, 3.05) is 38.1 Å². The van der Waals surface area contributed by atoms with E-state index in [4.69, 9.17) is 9.47 Å². The second-order valence-electron chi connectivity index (χ2n) is 13.0. The maximum atomic E-state index is 13.9. The Hall–Kier alpha value is -4.26. The summed E-state index contributed by atoms with van der Waals surface area (Å²) in [7, 11) is 0. The van der Waals surface area contributed by atoms with E-state index in [-0.39, 0.29) is 44.5 Å². The zero-order valence-electron chi connectivity index (χ0n) is 25.7. The van der Waals surface area contributed by atoms with E-state index in [2.05, 4.69) is 10.3 Å². The van der Waals surface area contributed by atoms with Gasteiger partial charge >= 0.3 is 17.8 Å². The first-order valence-corrected chi connectivity index (χ1v) is 14.2. The number of amides is 4. The predicted molar refractivity (Wildman–Crippen MR) is 158 cm³/mol. The number of urea groups is 1. The van der Waals surface area contributed by atoms with Crippen LogP contribution < -0.4 is 11.0 Å². The number of ether oxygens (including phenoxy) is 2. The molecule has 0 radical (unpaired) electrons. The van der Waals surface area contributed by atoms with Crippen LogP contribution in [0.15, 0.2) is 41.3 Å². The van der Waals surface area contributed by atoms with Crippen molar-refractivity contribution in [3.63, 3.8) is 0 Å². The summed E-state index contributed by atoms with van der Waals surface area (Å²) >= 11 is 0. The number of aromatic nitrogens is 2. The molecule has 2 aliphatic heterocycles. The number of anilines is 1. The number of benzene rings is 1. The van der Waals surface area contributed by atoms with Crippen LogP contribution in [0, 0.1) is 5.41 Å². The second-order valence-corrected chi connectivity index (χ2v) is 13.0. The van der Waals surface area contributed by atoms with Gasteiger partial charge in [-0.1, -0.05) is 20.8 Å². The lowest BCUT2D eigenvalue weighted by atomic mass is 9.91. The quantitative estimate of drug-likeness (QED) is 0.531. The van der Waals surface area contributed by atoms with Crippen molar-refractivity contribution in [2.24, 2.45) is 5.41 Å². The van der Waals surface area contributed by atoms with Gasteiger partial charge in [-0.15, -0.1) is 0 Å². The van der Waals surface area contributed by atoms with E-state index < -0.39 is 40.6 Å². The maximum absolute atomic E-state index is 13.9. The molecule has 1 N–H and O–H groups in total. The Morgan fingerprint density at radius 3 is 2.14 bits per heavy atom. The molecule has 4 amide bonds. The number of nitrogens with zero attached hydrogens (tertiary/aromatic N) is 5. The minimum absolute atomic E-state index is 0.0200. The Labute approximate surface area is 250 Å². The molecule has 0 aliphatic carbocycles. The fraction of sp³-hybridized carbons (Fsp3) is 0.533. The van der Waals surface area contributed by atoms with Crippen LogP contribution in [0.4, 0.5) is 15.4 Å². The smallest absolute Gasteiger partial charge is 0.413 e. The number of nitrogens with one attached hydrogen (secondary N) is 1. The van der Waals surface area contributed by atoms with E-state index in [1.54, 1.807) is 56.9 Å². The van der Waals surface area contributed by atoms with Crippen molar-refractivity contribution in [3.8, 4) is 5.69 Å². The Morgan fingerprint density at radius 2 is 1.60 bits per heavy atom. The first-order chi connectivity index (χ1) is 20.0. The number of carbonyl (C=O) groups is 4. The van der Waals surface area contributed by atoms with Crippen molar-refractivity contribution in [2.45, 2.75) is 65.8 Å². The van der Waals surface area contributed by atoms with Crippen molar-refractivity contribution >= 4 is 30.1 Å². The molecule has 2 fully saturated rings. The normalized spacial score (nSPS) is 21.0. The molecule has 0 bridgehead atoms. The van der Waals surface area contributed by atoms with Crippen molar-refractivity contribution < 1.29 is 28.7 Å². The number of hydrogen-bond donors (Lipinski definition) is 1. The highest BCUT2D eigenvalue weighted by Crippen LogP contribution is 2.39. The Kier molecular flexibility index (Phi) is 8.68. The standard InChI is InChI=1S/C30H40N6O7/c1-28(2,3)24-36(27(41)43-29(4,5)6)30(7,19-42-24)23(38)33-14-16-34(17-15-33)25(39)31-22-12-13-35(26(40)32-22)21-10-8-20(18-37)9-11-21/h8-13,18,24H,14-17,19H2,1-7H3,(H,31,32,39,40)/t24?,30-/m0/s1. The van der Waals surface area contributed by atoms with Gasteiger partial charge in [0.25, 0.3) is 5.91 Å². The Bertz CT molecular complexity index is 1430. The molecular weight excluding hydrogens is 556 g/mol. The molecule has 13 nitrogen and oxygen atoms in total. The molecule has 0 spiro atoms. The van der Waals surface area contributed by atoms with Crippen LogP contribution in [-0.2, 0) is 14.3 Å². The van der Waals surface area contributed by atoms with Gasteiger partial charge in [-0.2, -0.15) is 4.98 Å². The topological polar surface area (TPSA) is 143 Å². The van der Waals surface area contributed by atoms with Crippen molar-refractivity contribution in [1.29, 1.82) is 0 Å². The lowest BCUT2D eigenvalue weighted by Gasteiger charge is -2.43. The fourth-order valence-corrected chi connectivity index (χ4v) is 5.08. The predicted octanol–water partition coefficient (Wildman–Crippen LogP) is 3.12. The van der Waals surface area contributed by atoms with Gasteiger partial charge in [-0.3, -0.25) is 24.4 Å². The molecule has 43 heavy (non-hydrogen) atoms. The monoisotopic (exact) mass is 596 g/mol. The summed E-state index contributed by atoms with van der Waals surface area (Å²) in [6.07, 6.45) is 0.917. The van der Waals surface area contributed by atoms with Crippen molar-refractivity contribution in [1.82, 2.24) is 24.3 Å². The molecule has 2 atom stereocenters. The van der Waals surface area contributed by atoms with E-state index in [0.29, 0.717) is 17.5 Å². The largest absolute Gasteiger partial charge is 0.444 e. The van der Waals surface area contributed by atoms with E-state index in [1.165, 1.54) is 26.6 Å². The number of rotatable bonds is 4. The second kappa shape index (κ2) is 11.8. The summed E-state index contributed by atoms with van der Waals surface area (Å²) in [4.78, 5) is 72.2. The summed E-state index contributed by atoms with van der Waals surface area (Å²) in [5.41, 5.74) is -2.10. The molecule has 4 rings (SSSR count). The highest BCUT2D eigenvalue weighted by Gasteiger charge is 2.57. The van der Waals surface area contributed by atoms with E-state index in [1.807, 2.05) is 20.8 Å². The molecule has 3 heterocycles. The number of carbonyl (C=O) groups excluding carboxylic acids is 4. The van der Waals surface area contributed by atoms with Gasteiger partial charge in [-0.05, 0) is 58.0 Å². The summed E-state index contributed by atoms with van der Waals surface area (Å²) in [6, 6.07) is 7.48. The fourth-order valence-electron chi connectivity index (χ4n) is 5.08. The lowest BCUT2D eigenvalue weighted by molar-refractivity contribution is -0.144. The van der Waals surface area contributed by atoms with Gasteiger partial charge in [-0.25, -0.2) is 14.4 Å².